The molecule has 0 atom stereocenters. The van der Waals surface area contributed by atoms with E-state index in [1.807, 2.05) is 13.8 Å². The summed E-state index contributed by atoms with van der Waals surface area (Å²) in [5.74, 6) is 1.10. The fraction of sp³-hybridized carbons (Fsp3) is 0.400. The first kappa shape index (κ1) is 12.5. The van der Waals surface area contributed by atoms with Crippen molar-refractivity contribution in [1.82, 2.24) is 0 Å². The van der Waals surface area contributed by atoms with Crippen LogP contribution in [0.2, 0.25) is 5.02 Å². The molecule has 1 rings (SSSR count). The summed E-state index contributed by atoms with van der Waals surface area (Å²) in [7, 11) is 0. The zero-order valence-corrected chi connectivity index (χ0v) is 11.0. The Morgan fingerprint density at radius 2 is 1.93 bits per heavy atom. The third kappa shape index (κ3) is 2.69. The molecule has 15 heavy (non-hydrogen) atoms. The van der Waals surface area contributed by atoms with E-state index in [9.17, 15) is 0 Å². The van der Waals surface area contributed by atoms with E-state index in [0.29, 0.717) is 39.9 Å². The molecule has 5 heteroatoms. The Morgan fingerprint density at radius 1 is 1.33 bits per heavy atom. The predicted molar refractivity (Wildman–Crippen MR) is 65.9 cm³/mol. The molecular weight excluding hydrogens is 281 g/mol. The van der Waals surface area contributed by atoms with Gasteiger partial charge in [-0.3, -0.25) is 0 Å². The van der Waals surface area contributed by atoms with Gasteiger partial charge < -0.3 is 15.2 Å². The van der Waals surface area contributed by atoms with Crippen LogP contribution in [0.3, 0.4) is 0 Å². The summed E-state index contributed by atoms with van der Waals surface area (Å²) in [4.78, 5) is 0. The van der Waals surface area contributed by atoms with E-state index >= 15 is 0 Å². The number of benzene rings is 1. The molecule has 0 unspecified atom stereocenters. The van der Waals surface area contributed by atoms with Gasteiger partial charge in [-0.25, -0.2) is 0 Å². The summed E-state index contributed by atoms with van der Waals surface area (Å²) in [6.45, 7) is 4.84. The molecule has 0 saturated heterocycles. The van der Waals surface area contributed by atoms with Crippen LogP contribution in [-0.2, 0) is 0 Å². The fourth-order valence-corrected chi connectivity index (χ4v) is 1.91. The van der Waals surface area contributed by atoms with Gasteiger partial charge in [0.25, 0.3) is 0 Å². The van der Waals surface area contributed by atoms with Gasteiger partial charge in [0.2, 0.25) is 0 Å². The molecule has 0 fully saturated rings. The Bertz CT molecular complexity index is 358. The topological polar surface area (TPSA) is 44.5 Å². The van der Waals surface area contributed by atoms with Crippen molar-refractivity contribution >= 4 is 33.2 Å². The number of ether oxygens (including phenoxy) is 2. The second-order valence-electron chi connectivity index (χ2n) is 2.78. The minimum atomic E-state index is 0.384. The summed E-state index contributed by atoms with van der Waals surface area (Å²) < 4.78 is 11.5. The second kappa shape index (κ2) is 5.47. The normalized spacial score (nSPS) is 10.1. The lowest BCUT2D eigenvalue weighted by Gasteiger charge is -2.14. The van der Waals surface area contributed by atoms with Crippen LogP contribution in [0.25, 0.3) is 0 Å². The molecule has 1 aromatic rings. The number of nitrogens with two attached hydrogens (primary N) is 1. The first-order valence-electron chi connectivity index (χ1n) is 4.64. The molecular formula is C10H13BrClNO2. The van der Waals surface area contributed by atoms with E-state index in [1.54, 1.807) is 6.07 Å². The maximum atomic E-state index is 6.06. The van der Waals surface area contributed by atoms with E-state index in [4.69, 9.17) is 26.8 Å². The molecule has 0 aliphatic rings. The Balaban J connectivity index is 3.23. The van der Waals surface area contributed by atoms with Gasteiger partial charge in [0, 0.05) is 10.5 Å². The highest BCUT2D eigenvalue weighted by Crippen LogP contribution is 2.43. The van der Waals surface area contributed by atoms with Crippen LogP contribution in [0.4, 0.5) is 5.69 Å². The lowest BCUT2D eigenvalue weighted by molar-refractivity contribution is 0.288. The molecule has 0 radical (unpaired) electrons. The van der Waals surface area contributed by atoms with Crippen LogP contribution < -0.4 is 15.2 Å². The standard InChI is InChI=1S/C10H13BrClNO2/c1-3-14-7-5-6(11)9(13)8(12)10(7)15-4-2/h5H,3-4,13H2,1-2H3. The maximum absolute atomic E-state index is 6.06. The molecule has 84 valence electrons. The molecule has 0 spiro atoms. The summed E-state index contributed by atoms with van der Waals surface area (Å²) in [5, 5.41) is 0.384. The van der Waals surface area contributed by atoms with Crippen LogP contribution in [-0.4, -0.2) is 13.2 Å². The Morgan fingerprint density at radius 3 is 2.47 bits per heavy atom. The van der Waals surface area contributed by atoms with Crippen molar-refractivity contribution in [3.05, 3.63) is 15.6 Å². The van der Waals surface area contributed by atoms with Gasteiger partial charge in [-0.05, 0) is 29.8 Å². The zero-order valence-electron chi connectivity index (χ0n) is 8.64. The number of anilines is 1. The number of halogens is 2. The van der Waals surface area contributed by atoms with Crippen LogP contribution in [0, 0.1) is 0 Å². The first-order valence-corrected chi connectivity index (χ1v) is 5.81. The Hall–Kier alpha value is -0.610. The highest BCUT2D eigenvalue weighted by molar-refractivity contribution is 9.10. The lowest BCUT2D eigenvalue weighted by Crippen LogP contribution is -2.01. The van der Waals surface area contributed by atoms with Crippen LogP contribution in [0.1, 0.15) is 13.8 Å². The largest absolute Gasteiger partial charge is 0.490 e. The number of rotatable bonds is 4. The zero-order chi connectivity index (χ0) is 11.4. The molecule has 0 bridgehead atoms. The minimum absolute atomic E-state index is 0.384. The van der Waals surface area contributed by atoms with Gasteiger partial charge in [-0.15, -0.1) is 0 Å². The van der Waals surface area contributed by atoms with Crippen molar-refractivity contribution < 1.29 is 9.47 Å². The van der Waals surface area contributed by atoms with E-state index in [0.717, 1.165) is 0 Å². The Labute approximate surface area is 103 Å². The monoisotopic (exact) mass is 293 g/mol. The van der Waals surface area contributed by atoms with Gasteiger partial charge in [0.1, 0.15) is 5.02 Å². The highest BCUT2D eigenvalue weighted by Gasteiger charge is 2.15. The molecule has 0 aliphatic heterocycles. The summed E-state index contributed by atoms with van der Waals surface area (Å²) >= 11 is 9.37. The lowest BCUT2D eigenvalue weighted by atomic mass is 10.3. The molecule has 0 heterocycles. The molecule has 0 aromatic heterocycles. The predicted octanol–water partition coefficient (Wildman–Crippen LogP) is 3.48. The Kier molecular flexibility index (Phi) is 4.54. The van der Waals surface area contributed by atoms with E-state index in [1.165, 1.54) is 0 Å². The van der Waals surface area contributed by atoms with Crippen LogP contribution >= 0.6 is 27.5 Å². The van der Waals surface area contributed by atoms with E-state index in [2.05, 4.69) is 15.9 Å². The van der Waals surface area contributed by atoms with Gasteiger partial charge in [0.15, 0.2) is 11.5 Å². The SMILES string of the molecule is CCOc1cc(Br)c(N)c(Cl)c1OCC. The van der Waals surface area contributed by atoms with Crippen molar-refractivity contribution in [2.45, 2.75) is 13.8 Å². The quantitative estimate of drug-likeness (QED) is 0.865. The molecule has 0 amide bonds. The van der Waals surface area contributed by atoms with Crippen LogP contribution in [0.15, 0.2) is 10.5 Å². The molecule has 0 aliphatic carbocycles. The van der Waals surface area contributed by atoms with E-state index < -0.39 is 0 Å². The average Bonchev–Trinajstić information content (AvgIpc) is 2.21. The molecule has 1 aromatic carbocycles. The van der Waals surface area contributed by atoms with Gasteiger partial charge in [-0.2, -0.15) is 0 Å². The van der Waals surface area contributed by atoms with E-state index in [-0.39, 0.29) is 0 Å². The number of nitrogen functional groups attached to an aromatic ring is 1. The van der Waals surface area contributed by atoms with Crippen molar-refractivity contribution in [2.75, 3.05) is 18.9 Å². The molecule has 0 saturated carbocycles. The first-order chi connectivity index (χ1) is 7.11. The third-order valence-electron chi connectivity index (χ3n) is 1.76. The minimum Gasteiger partial charge on any atom is -0.490 e. The third-order valence-corrected chi connectivity index (χ3v) is 2.79. The van der Waals surface area contributed by atoms with Crippen LogP contribution in [0.5, 0.6) is 11.5 Å². The molecule has 3 nitrogen and oxygen atoms in total. The number of hydrogen-bond donors (Lipinski definition) is 1. The highest BCUT2D eigenvalue weighted by atomic mass is 79.9. The molecule has 2 N–H and O–H groups in total. The number of hydrogen-bond acceptors (Lipinski definition) is 3. The second-order valence-corrected chi connectivity index (χ2v) is 4.01. The van der Waals surface area contributed by atoms with Crippen molar-refractivity contribution in [1.29, 1.82) is 0 Å². The summed E-state index contributed by atoms with van der Waals surface area (Å²) in [6, 6.07) is 1.76. The van der Waals surface area contributed by atoms with Crippen molar-refractivity contribution in [3.8, 4) is 11.5 Å². The smallest absolute Gasteiger partial charge is 0.181 e. The summed E-state index contributed by atoms with van der Waals surface area (Å²) in [6.07, 6.45) is 0. The average molecular weight is 295 g/mol. The summed E-state index contributed by atoms with van der Waals surface area (Å²) in [5.41, 5.74) is 6.23. The van der Waals surface area contributed by atoms with Crippen molar-refractivity contribution in [3.63, 3.8) is 0 Å². The van der Waals surface area contributed by atoms with Gasteiger partial charge >= 0.3 is 0 Å². The maximum Gasteiger partial charge on any atom is 0.181 e. The fourth-order valence-electron chi connectivity index (χ4n) is 1.14. The van der Waals surface area contributed by atoms with Crippen molar-refractivity contribution in [2.24, 2.45) is 0 Å². The van der Waals surface area contributed by atoms with Gasteiger partial charge in [0.05, 0.1) is 18.9 Å². The van der Waals surface area contributed by atoms with Gasteiger partial charge in [-0.1, -0.05) is 11.6 Å².